The van der Waals surface area contributed by atoms with Gasteiger partial charge in [-0.25, -0.2) is 9.97 Å². The highest BCUT2D eigenvalue weighted by Crippen LogP contribution is 2.47. The molecule has 0 saturated carbocycles. The third-order valence-corrected chi connectivity index (χ3v) is 9.31. The molecule has 2 aromatic heterocycles. The van der Waals surface area contributed by atoms with Crippen molar-refractivity contribution in [2.24, 2.45) is 0 Å². The van der Waals surface area contributed by atoms with E-state index in [0.717, 1.165) is 78.2 Å². The average molecular weight is 615 g/mol. The number of ether oxygens (including phenoxy) is 1. The molecule has 0 unspecified atom stereocenters. The smallest absolute Gasteiger partial charge is 0.160 e. The number of nitrogens with zero attached hydrogens (tertiary/aromatic N) is 2. The number of fused-ring (bicyclic) bond motifs is 5. The van der Waals surface area contributed by atoms with Crippen molar-refractivity contribution in [1.82, 2.24) is 9.97 Å². The predicted octanol–water partition coefficient (Wildman–Crippen LogP) is 12.0. The number of benzene rings is 7. The zero-order valence-electron chi connectivity index (χ0n) is 25.7. The van der Waals surface area contributed by atoms with Gasteiger partial charge in [0.15, 0.2) is 5.82 Å². The van der Waals surface area contributed by atoms with Gasteiger partial charge in [-0.2, -0.15) is 0 Å². The van der Waals surface area contributed by atoms with Crippen molar-refractivity contribution < 1.29 is 9.15 Å². The van der Waals surface area contributed by atoms with Gasteiger partial charge in [0.05, 0.1) is 11.4 Å². The van der Waals surface area contributed by atoms with E-state index in [1.54, 1.807) is 0 Å². The molecule has 0 atom stereocenters. The zero-order valence-corrected chi connectivity index (χ0v) is 25.7. The average Bonchev–Trinajstić information content (AvgIpc) is 3.54. The van der Waals surface area contributed by atoms with Gasteiger partial charge in [-0.3, -0.25) is 0 Å². The Morgan fingerprint density at radius 2 is 1.12 bits per heavy atom. The van der Waals surface area contributed by atoms with E-state index in [2.05, 4.69) is 97.1 Å². The highest BCUT2D eigenvalue weighted by molar-refractivity contribution is 6.09. The maximum absolute atomic E-state index is 6.44. The lowest BCUT2D eigenvalue weighted by atomic mass is 9.93. The van der Waals surface area contributed by atoms with Crippen LogP contribution in [0, 0.1) is 0 Å². The van der Waals surface area contributed by atoms with Crippen LogP contribution in [0.4, 0.5) is 0 Å². The standard InChI is InChI=1S/C44H26N2O2/c1-2-9-30(10-3-1)44-45-37(26-38(46-44)36-16-8-15-35-32-13-4-5-17-39(32)48-43(35)36)28-21-19-27(20-22-28)31-23-24-33-34-14-6-11-29-12-7-18-40(42(29)34)47-41(33)25-31/h1-26H. The topological polar surface area (TPSA) is 48.2 Å². The molecular weight excluding hydrogens is 588 g/mol. The van der Waals surface area contributed by atoms with Crippen LogP contribution < -0.4 is 4.74 Å². The summed E-state index contributed by atoms with van der Waals surface area (Å²) in [6, 6.07) is 54.3. The molecule has 0 amide bonds. The molecule has 224 valence electrons. The van der Waals surface area contributed by atoms with Crippen LogP contribution in [0.2, 0.25) is 0 Å². The molecule has 0 saturated heterocycles. The Bertz CT molecular complexity index is 2690. The molecule has 4 nitrogen and oxygen atoms in total. The fourth-order valence-corrected chi connectivity index (χ4v) is 6.98. The van der Waals surface area contributed by atoms with E-state index >= 15 is 0 Å². The maximum atomic E-state index is 6.44. The van der Waals surface area contributed by atoms with Crippen molar-refractivity contribution in [3.05, 3.63) is 158 Å². The fourth-order valence-electron chi connectivity index (χ4n) is 6.98. The molecule has 48 heavy (non-hydrogen) atoms. The van der Waals surface area contributed by atoms with Gasteiger partial charge >= 0.3 is 0 Å². The highest BCUT2D eigenvalue weighted by atomic mass is 16.5. The SMILES string of the molecule is c1ccc(-c2nc(-c3ccc(-c4ccc5c(c4)Oc4cccc6cccc-5c46)cc3)cc(-c3cccc4c3oc3ccccc34)n2)cc1. The van der Waals surface area contributed by atoms with Gasteiger partial charge < -0.3 is 9.15 Å². The van der Waals surface area contributed by atoms with Crippen molar-refractivity contribution in [2.75, 3.05) is 0 Å². The van der Waals surface area contributed by atoms with Crippen molar-refractivity contribution in [2.45, 2.75) is 0 Å². The van der Waals surface area contributed by atoms with Gasteiger partial charge in [0, 0.05) is 38.4 Å². The summed E-state index contributed by atoms with van der Waals surface area (Å²) in [5.74, 6) is 2.44. The second-order valence-electron chi connectivity index (χ2n) is 12.2. The summed E-state index contributed by atoms with van der Waals surface area (Å²) < 4.78 is 12.8. The molecule has 0 N–H and O–H groups in total. The molecule has 0 spiro atoms. The molecule has 0 fully saturated rings. The molecule has 3 heterocycles. The second-order valence-corrected chi connectivity index (χ2v) is 12.2. The summed E-state index contributed by atoms with van der Waals surface area (Å²) in [4.78, 5) is 10.1. The number of para-hydroxylation sites is 2. The van der Waals surface area contributed by atoms with Gasteiger partial charge in [-0.1, -0.05) is 121 Å². The first-order valence-corrected chi connectivity index (χ1v) is 16.1. The van der Waals surface area contributed by atoms with Gasteiger partial charge in [0.2, 0.25) is 0 Å². The summed E-state index contributed by atoms with van der Waals surface area (Å²) >= 11 is 0. The van der Waals surface area contributed by atoms with Crippen LogP contribution in [-0.2, 0) is 0 Å². The summed E-state index contributed by atoms with van der Waals surface area (Å²) in [7, 11) is 0. The number of rotatable bonds is 4. The third kappa shape index (κ3) is 4.24. The molecule has 0 aliphatic carbocycles. The second kappa shape index (κ2) is 10.5. The number of aromatic nitrogens is 2. The van der Waals surface area contributed by atoms with E-state index in [1.807, 2.05) is 60.7 Å². The minimum absolute atomic E-state index is 0.669. The summed E-state index contributed by atoms with van der Waals surface area (Å²) in [6.45, 7) is 0. The van der Waals surface area contributed by atoms with Gasteiger partial charge in [0.25, 0.3) is 0 Å². The van der Waals surface area contributed by atoms with E-state index in [-0.39, 0.29) is 0 Å². The van der Waals surface area contributed by atoms with Crippen molar-refractivity contribution in [1.29, 1.82) is 0 Å². The number of hydrogen-bond acceptors (Lipinski definition) is 4. The Kier molecular flexibility index (Phi) is 5.84. The first-order chi connectivity index (χ1) is 23.8. The van der Waals surface area contributed by atoms with Crippen molar-refractivity contribution in [3.63, 3.8) is 0 Å². The molecule has 7 aromatic carbocycles. The predicted molar refractivity (Wildman–Crippen MR) is 194 cm³/mol. The van der Waals surface area contributed by atoms with Crippen LogP contribution in [0.1, 0.15) is 0 Å². The lowest BCUT2D eigenvalue weighted by molar-refractivity contribution is 0.487. The van der Waals surface area contributed by atoms with E-state index in [0.29, 0.717) is 5.82 Å². The van der Waals surface area contributed by atoms with Crippen LogP contribution in [0.5, 0.6) is 11.5 Å². The Labute approximate surface area is 276 Å². The lowest BCUT2D eigenvalue weighted by Crippen LogP contribution is -1.97. The minimum atomic E-state index is 0.669. The largest absolute Gasteiger partial charge is 0.456 e. The minimum Gasteiger partial charge on any atom is -0.456 e. The van der Waals surface area contributed by atoms with Gasteiger partial charge in [0.1, 0.15) is 22.7 Å². The Balaban J connectivity index is 1.06. The summed E-state index contributed by atoms with van der Waals surface area (Å²) in [5, 5.41) is 4.52. The summed E-state index contributed by atoms with van der Waals surface area (Å²) in [5.41, 5.74) is 10.8. The van der Waals surface area contributed by atoms with Crippen LogP contribution in [0.3, 0.4) is 0 Å². The Hall–Kier alpha value is -6.52. The molecule has 1 aliphatic rings. The molecule has 9 aromatic rings. The van der Waals surface area contributed by atoms with Crippen LogP contribution in [0.25, 0.3) is 88.9 Å². The normalized spacial score (nSPS) is 11.9. The van der Waals surface area contributed by atoms with Crippen LogP contribution in [-0.4, -0.2) is 9.97 Å². The zero-order chi connectivity index (χ0) is 31.6. The van der Waals surface area contributed by atoms with Crippen molar-refractivity contribution >= 4 is 32.7 Å². The van der Waals surface area contributed by atoms with E-state index in [9.17, 15) is 0 Å². The Morgan fingerprint density at radius 1 is 0.417 bits per heavy atom. The van der Waals surface area contributed by atoms with Gasteiger partial charge in [-0.05, 0) is 58.5 Å². The maximum Gasteiger partial charge on any atom is 0.160 e. The quantitative estimate of drug-likeness (QED) is 0.198. The van der Waals surface area contributed by atoms with Gasteiger partial charge in [-0.15, -0.1) is 0 Å². The molecular formula is C44H26N2O2. The Morgan fingerprint density at radius 3 is 2.02 bits per heavy atom. The lowest BCUT2D eigenvalue weighted by Gasteiger charge is -2.22. The molecule has 0 radical (unpaired) electrons. The fraction of sp³-hybridized carbons (Fsp3) is 0. The van der Waals surface area contributed by atoms with Crippen LogP contribution >= 0.6 is 0 Å². The number of furan rings is 1. The highest BCUT2D eigenvalue weighted by Gasteiger charge is 2.21. The molecule has 0 bridgehead atoms. The van der Waals surface area contributed by atoms with E-state index in [1.165, 1.54) is 16.3 Å². The first-order valence-electron chi connectivity index (χ1n) is 16.1. The number of hydrogen-bond donors (Lipinski definition) is 0. The van der Waals surface area contributed by atoms with Crippen LogP contribution in [0.15, 0.2) is 162 Å². The van der Waals surface area contributed by atoms with E-state index < -0.39 is 0 Å². The molecule has 1 aliphatic heterocycles. The first kappa shape index (κ1) is 26.7. The third-order valence-electron chi connectivity index (χ3n) is 9.31. The summed E-state index contributed by atoms with van der Waals surface area (Å²) in [6.07, 6.45) is 0. The monoisotopic (exact) mass is 614 g/mol. The van der Waals surface area contributed by atoms with E-state index in [4.69, 9.17) is 19.1 Å². The molecule has 4 heteroatoms. The molecule has 10 rings (SSSR count). The van der Waals surface area contributed by atoms with Crippen molar-refractivity contribution in [3.8, 4) is 67.7 Å².